The fourth-order valence-electron chi connectivity index (χ4n) is 2.78. The number of carbonyl (C=O) groups is 1. The van der Waals surface area contributed by atoms with Crippen molar-refractivity contribution < 1.29 is 14.3 Å². The number of hydrogen-bond donors (Lipinski definition) is 1. The van der Waals surface area contributed by atoms with Gasteiger partial charge in [-0.05, 0) is 68.1 Å². The van der Waals surface area contributed by atoms with E-state index in [-0.39, 0.29) is 11.9 Å². The summed E-state index contributed by atoms with van der Waals surface area (Å²) in [5, 5.41) is 3.77. The molecule has 2 aromatic rings. The first-order valence-corrected chi connectivity index (χ1v) is 9.11. The normalized spacial score (nSPS) is 13.0. The van der Waals surface area contributed by atoms with Crippen LogP contribution in [0.3, 0.4) is 0 Å². The minimum atomic E-state index is -0.609. The number of amides is 1. The van der Waals surface area contributed by atoms with Crippen molar-refractivity contribution in [3.8, 4) is 11.5 Å². The number of hydrogen-bond acceptors (Lipinski definition) is 3. The van der Waals surface area contributed by atoms with E-state index in [1.165, 1.54) is 0 Å². The van der Waals surface area contributed by atoms with Gasteiger partial charge < -0.3 is 14.8 Å². The number of rotatable bonds is 7. The molecule has 0 saturated heterocycles. The third kappa shape index (κ3) is 4.92. The highest BCUT2D eigenvalue weighted by Crippen LogP contribution is 2.27. The zero-order valence-electron chi connectivity index (χ0n) is 15.9. The Bertz CT molecular complexity index is 735. The average molecular weight is 376 g/mol. The second-order valence-electron chi connectivity index (χ2n) is 6.37. The molecule has 4 nitrogen and oxygen atoms in total. The van der Waals surface area contributed by atoms with Crippen LogP contribution >= 0.6 is 11.6 Å². The molecular weight excluding hydrogens is 350 g/mol. The summed E-state index contributed by atoms with van der Waals surface area (Å²) in [6, 6.07) is 11.3. The Morgan fingerprint density at radius 3 is 2.19 bits per heavy atom. The van der Waals surface area contributed by atoms with Crippen LogP contribution in [0.15, 0.2) is 36.4 Å². The summed E-state index contributed by atoms with van der Waals surface area (Å²) in [6.07, 6.45) is 0.173. The lowest BCUT2D eigenvalue weighted by molar-refractivity contribution is -0.128. The largest absolute Gasteiger partial charge is 0.497 e. The van der Waals surface area contributed by atoms with Crippen LogP contribution < -0.4 is 14.8 Å². The van der Waals surface area contributed by atoms with Gasteiger partial charge in [-0.2, -0.15) is 0 Å². The third-order valence-electron chi connectivity index (χ3n) is 4.33. The van der Waals surface area contributed by atoms with Gasteiger partial charge in [0.15, 0.2) is 6.10 Å². The van der Waals surface area contributed by atoms with Gasteiger partial charge in [0.25, 0.3) is 5.91 Å². The van der Waals surface area contributed by atoms with Gasteiger partial charge in [-0.3, -0.25) is 4.79 Å². The van der Waals surface area contributed by atoms with E-state index in [9.17, 15) is 4.79 Å². The van der Waals surface area contributed by atoms with Crippen molar-refractivity contribution in [2.24, 2.45) is 0 Å². The second kappa shape index (κ2) is 8.95. The Balaban J connectivity index is 2.04. The lowest BCUT2D eigenvalue weighted by Crippen LogP contribution is -2.38. The molecule has 140 valence electrons. The van der Waals surface area contributed by atoms with Crippen molar-refractivity contribution in [3.05, 3.63) is 58.1 Å². The van der Waals surface area contributed by atoms with Gasteiger partial charge >= 0.3 is 0 Å². The van der Waals surface area contributed by atoms with Crippen molar-refractivity contribution in [2.75, 3.05) is 7.11 Å². The van der Waals surface area contributed by atoms with Crippen molar-refractivity contribution >= 4 is 17.5 Å². The van der Waals surface area contributed by atoms with Crippen molar-refractivity contribution in [1.29, 1.82) is 0 Å². The molecule has 0 radical (unpaired) electrons. The Kier molecular flexibility index (Phi) is 6.92. The van der Waals surface area contributed by atoms with Crippen LogP contribution in [0.1, 0.15) is 43.0 Å². The molecule has 0 saturated carbocycles. The Morgan fingerprint density at radius 2 is 1.69 bits per heavy atom. The van der Waals surface area contributed by atoms with Gasteiger partial charge in [-0.15, -0.1) is 0 Å². The summed E-state index contributed by atoms with van der Waals surface area (Å²) in [4.78, 5) is 12.6. The predicted octanol–water partition coefficient (Wildman–Crippen LogP) is 5.00. The molecule has 0 aliphatic heterocycles. The maximum Gasteiger partial charge on any atom is 0.261 e. The maximum atomic E-state index is 12.6. The van der Waals surface area contributed by atoms with Crippen molar-refractivity contribution in [3.63, 3.8) is 0 Å². The van der Waals surface area contributed by atoms with Gasteiger partial charge in [-0.25, -0.2) is 0 Å². The summed E-state index contributed by atoms with van der Waals surface area (Å²) in [6.45, 7) is 7.62. The molecule has 0 spiro atoms. The van der Waals surface area contributed by atoms with E-state index in [2.05, 4.69) is 5.32 Å². The lowest BCUT2D eigenvalue weighted by Gasteiger charge is -2.21. The van der Waals surface area contributed by atoms with Gasteiger partial charge in [-0.1, -0.05) is 30.7 Å². The Hall–Kier alpha value is -2.20. The van der Waals surface area contributed by atoms with E-state index >= 15 is 0 Å². The number of benzene rings is 2. The molecule has 1 amide bonds. The minimum Gasteiger partial charge on any atom is -0.497 e. The number of nitrogens with one attached hydrogen (secondary N) is 1. The smallest absolute Gasteiger partial charge is 0.261 e. The number of halogens is 1. The summed E-state index contributed by atoms with van der Waals surface area (Å²) >= 11 is 6.18. The first kappa shape index (κ1) is 20.1. The van der Waals surface area contributed by atoms with E-state index in [4.69, 9.17) is 21.1 Å². The molecule has 1 N–H and O–H groups in total. The molecular formula is C21H26ClNO3. The molecule has 2 atom stereocenters. The highest BCUT2D eigenvalue weighted by atomic mass is 35.5. The molecule has 0 aliphatic rings. The van der Waals surface area contributed by atoms with E-state index in [0.717, 1.165) is 33.9 Å². The Morgan fingerprint density at radius 1 is 1.12 bits per heavy atom. The fourth-order valence-corrected chi connectivity index (χ4v) is 2.89. The fraction of sp³-hybridized carbons (Fsp3) is 0.381. The average Bonchev–Trinajstić information content (AvgIpc) is 2.64. The lowest BCUT2D eigenvalue weighted by atomic mass is 10.0. The van der Waals surface area contributed by atoms with Crippen LogP contribution in [0, 0.1) is 13.8 Å². The number of ether oxygens (including phenoxy) is 2. The molecule has 2 aromatic carbocycles. The van der Waals surface area contributed by atoms with E-state index in [1.54, 1.807) is 14.0 Å². The highest BCUT2D eigenvalue weighted by Gasteiger charge is 2.20. The monoisotopic (exact) mass is 375 g/mol. The van der Waals surface area contributed by atoms with Crippen LogP contribution in [0.25, 0.3) is 0 Å². The van der Waals surface area contributed by atoms with Crippen LogP contribution in [0.5, 0.6) is 11.5 Å². The number of methoxy groups -OCH3 is 1. The molecule has 0 aromatic heterocycles. The maximum absolute atomic E-state index is 12.6. The van der Waals surface area contributed by atoms with E-state index in [1.807, 2.05) is 57.2 Å². The minimum absolute atomic E-state index is 0.0758. The summed E-state index contributed by atoms with van der Waals surface area (Å²) < 4.78 is 11.0. The summed E-state index contributed by atoms with van der Waals surface area (Å²) in [7, 11) is 1.63. The number of aryl methyl sites for hydroxylation is 2. The molecule has 2 rings (SSSR count). The molecule has 26 heavy (non-hydrogen) atoms. The molecule has 5 heteroatoms. The standard InChI is InChI=1S/C21H26ClNO3/c1-6-19(16-7-9-17(25-5)10-8-16)23-21(24)15(4)26-18-11-13(2)20(22)14(3)12-18/h7-12,15,19H,6H2,1-5H3,(H,23,24)/t15-,19-/m1/s1. The van der Waals surface area contributed by atoms with Crippen LogP contribution in [0.2, 0.25) is 5.02 Å². The molecule has 0 bridgehead atoms. The Labute approximate surface area is 160 Å². The molecule has 0 heterocycles. The van der Waals surface area contributed by atoms with Crippen LogP contribution in [-0.2, 0) is 4.79 Å². The number of carbonyl (C=O) groups excluding carboxylic acids is 1. The van der Waals surface area contributed by atoms with Crippen LogP contribution in [0.4, 0.5) is 0 Å². The SMILES string of the molecule is CC[C@@H](NC(=O)[C@@H](C)Oc1cc(C)c(Cl)c(C)c1)c1ccc(OC)cc1. The van der Waals surface area contributed by atoms with Crippen LogP contribution in [-0.4, -0.2) is 19.1 Å². The zero-order chi connectivity index (χ0) is 19.3. The van der Waals surface area contributed by atoms with Gasteiger partial charge in [0.1, 0.15) is 11.5 Å². The van der Waals surface area contributed by atoms with Gasteiger partial charge in [0.2, 0.25) is 0 Å². The summed E-state index contributed by atoms with van der Waals surface area (Å²) in [5.74, 6) is 1.28. The molecule has 0 fully saturated rings. The predicted molar refractivity (Wildman–Crippen MR) is 105 cm³/mol. The van der Waals surface area contributed by atoms with Crippen molar-refractivity contribution in [1.82, 2.24) is 5.32 Å². The molecule has 0 aliphatic carbocycles. The molecule has 0 unspecified atom stereocenters. The van der Waals surface area contributed by atoms with E-state index < -0.39 is 6.10 Å². The second-order valence-corrected chi connectivity index (χ2v) is 6.75. The zero-order valence-corrected chi connectivity index (χ0v) is 16.7. The third-order valence-corrected chi connectivity index (χ3v) is 4.93. The topological polar surface area (TPSA) is 47.6 Å². The van der Waals surface area contributed by atoms with Gasteiger partial charge in [0.05, 0.1) is 13.2 Å². The first-order chi connectivity index (χ1) is 12.3. The van der Waals surface area contributed by atoms with Gasteiger partial charge in [0, 0.05) is 5.02 Å². The quantitative estimate of drug-likeness (QED) is 0.740. The summed E-state index contributed by atoms with van der Waals surface area (Å²) in [5.41, 5.74) is 2.89. The first-order valence-electron chi connectivity index (χ1n) is 8.73. The van der Waals surface area contributed by atoms with E-state index in [0.29, 0.717) is 5.75 Å². The van der Waals surface area contributed by atoms with Crippen molar-refractivity contribution in [2.45, 2.75) is 46.3 Å². The highest BCUT2D eigenvalue weighted by molar-refractivity contribution is 6.32.